The molecule has 0 amide bonds. The first-order valence-electron chi connectivity index (χ1n) is 6.91. The molecule has 3 unspecified atom stereocenters. The Balaban J connectivity index is 1.81. The van der Waals surface area contributed by atoms with Gasteiger partial charge in [0.1, 0.15) is 0 Å². The third kappa shape index (κ3) is 3.40. The molecular weight excluding hydrogens is 214 g/mol. The van der Waals surface area contributed by atoms with Crippen molar-refractivity contribution in [3.05, 3.63) is 0 Å². The Morgan fingerprint density at radius 1 is 1.25 bits per heavy atom. The maximum atomic E-state index is 3.92. The van der Waals surface area contributed by atoms with Crippen LogP contribution in [0.4, 0.5) is 0 Å². The van der Waals surface area contributed by atoms with Gasteiger partial charge in [-0.25, -0.2) is 0 Å². The van der Waals surface area contributed by atoms with Crippen LogP contribution in [0, 0.1) is 11.3 Å². The van der Waals surface area contributed by atoms with Crippen molar-refractivity contribution in [3.8, 4) is 0 Å². The Bertz CT molecular complexity index is 221. The van der Waals surface area contributed by atoms with Gasteiger partial charge in [0.15, 0.2) is 0 Å². The van der Waals surface area contributed by atoms with Crippen molar-refractivity contribution in [2.45, 2.75) is 65.0 Å². The predicted octanol–water partition coefficient (Wildman–Crippen LogP) is 3.69. The number of hydrogen-bond acceptors (Lipinski definition) is 2. The molecule has 0 aromatic heterocycles. The van der Waals surface area contributed by atoms with Gasteiger partial charge < -0.3 is 5.32 Å². The first-order valence-corrected chi connectivity index (χ1v) is 8.06. The highest BCUT2D eigenvalue weighted by atomic mass is 32.2. The second kappa shape index (κ2) is 5.30. The Kier molecular flexibility index (Phi) is 4.23. The van der Waals surface area contributed by atoms with Crippen LogP contribution in [-0.4, -0.2) is 23.6 Å². The van der Waals surface area contributed by atoms with Gasteiger partial charge in [-0.2, -0.15) is 11.8 Å². The number of thioether (sulfide) groups is 1. The molecule has 0 aromatic carbocycles. The summed E-state index contributed by atoms with van der Waals surface area (Å²) >= 11 is 2.13. The normalized spacial score (nSPS) is 39.6. The molecule has 3 atom stereocenters. The highest BCUT2D eigenvalue weighted by Gasteiger charge is 2.33. The molecule has 94 valence electrons. The average molecular weight is 241 g/mol. The Morgan fingerprint density at radius 2 is 2.06 bits per heavy atom. The topological polar surface area (TPSA) is 12.0 Å². The molecule has 1 saturated heterocycles. The molecule has 2 heteroatoms. The third-order valence-corrected chi connectivity index (χ3v) is 5.52. The van der Waals surface area contributed by atoms with E-state index in [1.54, 1.807) is 0 Å². The van der Waals surface area contributed by atoms with E-state index in [4.69, 9.17) is 0 Å². The van der Waals surface area contributed by atoms with Crippen LogP contribution in [0.5, 0.6) is 0 Å². The van der Waals surface area contributed by atoms with Gasteiger partial charge in [-0.3, -0.25) is 0 Å². The fourth-order valence-corrected chi connectivity index (χ4v) is 4.45. The highest BCUT2D eigenvalue weighted by molar-refractivity contribution is 7.99. The van der Waals surface area contributed by atoms with Crippen molar-refractivity contribution >= 4 is 11.8 Å². The van der Waals surface area contributed by atoms with Crippen molar-refractivity contribution in [2.24, 2.45) is 11.3 Å². The van der Waals surface area contributed by atoms with Crippen LogP contribution in [0.2, 0.25) is 0 Å². The molecule has 2 rings (SSSR count). The lowest BCUT2D eigenvalue weighted by molar-refractivity contribution is 0.142. The molecule has 16 heavy (non-hydrogen) atoms. The predicted molar refractivity (Wildman–Crippen MR) is 74.1 cm³/mol. The van der Waals surface area contributed by atoms with E-state index in [-0.39, 0.29) is 0 Å². The lowest BCUT2D eigenvalue weighted by Crippen LogP contribution is -2.47. The van der Waals surface area contributed by atoms with Gasteiger partial charge in [-0.05, 0) is 49.2 Å². The van der Waals surface area contributed by atoms with Crippen molar-refractivity contribution < 1.29 is 0 Å². The van der Waals surface area contributed by atoms with Crippen molar-refractivity contribution in [2.75, 3.05) is 11.5 Å². The average Bonchev–Trinajstić information content (AvgIpc) is 2.23. The number of nitrogens with one attached hydrogen (secondary N) is 1. The molecule has 0 aromatic rings. The molecule has 0 spiro atoms. The zero-order valence-electron chi connectivity index (χ0n) is 11.1. The quantitative estimate of drug-likeness (QED) is 0.791. The minimum absolute atomic E-state index is 0.582. The van der Waals surface area contributed by atoms with E-state index in [1.165, 1.54) is 43.6 Å². The van der Waals surface area contributed by atoms with Crippen LogP contribution in [0.15, 0.2) is 0 Å². The molecule has 2 aliphatic rings. The second-order valence-electron chi connectivity index (χ2n) is 6.57. The molecule has 0 radical (unpaired) electrons. The lowest BCUT2D eigenvalue weighted by atomic mass is 9.70. The number of hydrogen-bond donors (Lipinski definition) is 1. The molecule has 2 fully saturated rings. The maximum absolute atomic E-state index is 3.92. The van der Waals surface area contributed by atoms with Crippen LogP contribution in [0.1, 0.15) is 52.9 Å². The summed E-state index contributed by atoms with van der Waals surface area (Å²) in [4.78, 5) is 0. The van der Waals surface area contributed by atoms with E-state index >= 15 is 0 Å². The zero-order chi connectivity index (χ0) is 11.6. The van der Waals surface area contributed by atoms with E-state index in [0.29, 0.717) is 5.41 Å². The maximum Gasteiger partial charge on any atom is 0.0161 e. The molecule has 1 heterocycles. The van der Waals surface area contributed by atoms with E-state index < -0.39 is 0 Å². The summed E-state index contributed by atoms with van der Waals surface area (Å²) in [5.41, 5.74) is 0.582. The van der Waals surface area contributed by atoms with Crippen LogP contribution in [0.25, 0.3) is 0 Å². The van der Waals surface area contributed by atoms with Crippen LogP contribution in [0.3, 0.4) is 0 Å². The highest BCUT2D eigenvalue weighted by Crippen LogP contribution is 2.38. The monoisotopic (exact) mass is 241 g/mol. The van der Waals surface area contributed by atoms with Crippen molar-refractivity contribution in [1.29, 1.82) is 0 Å². The Morgan fingerprint density at radius 3 is 2.69 bits per heavy atom. The van der Waals surface area contributed by atoms with Crippen LogP contribution >= 0.6 is 11.8 Å². The summed E-state index contributed by atoms with van der Waals surface area (Å²) in [6.07, 6.45) is 6.99. The Hall–Kier alpha value is 0.310. The first-order chi connectivity index (χ1) is 7.57. The second-order valence-corrected chi connectivity index (χ2v) is 7.72. The molecule has 1 saturated carbocycles. The van der Waals surface area contributed by atoms with E-state index in [1.807, 2.05) is 0 Å². The summed E-state index contributed by atoms with van der Waals surface area (Å²) in [6, 6.07) is 1.59. The van der Waals surface area contributed by atoms with Crippen molar-refractivity contribution in [1.82, 2.24) is 5.32 Å². The standard InChI is InChI=1S/C14H27NS/c1-11-9-14(2,3)7-6-13(11)15-12-5-4-8-16-10-12/h11-13,15H,4-10H2,1-3H3. The van der Waals surface area contributed by atoms with Crippen LogP contribution < -0.4 is 5.32 Å². The minimum Gasteiger partial charge on any atom is -0.310 e. The summed E-state index contributed by atoms with van der Waals surface area (Å²) in [5, 5.41) is 3.92. The van der Waals surface area contributed by atoms with E-state index in [0.717, 1.165) is 18.0 Å². The van der Waals surface area contributed by atoms with Crippen molar-refractivity contribution in [3.63, 3.8) is 0 Å². The van der Waals surface area contributed by atoms with Gasteiger partial charge in [0.05, 0.1) is 0 Å². The van der Waals surface area contributed by atoms with E-state index in [9.17, 15) is 0 Å². The lowest BCUT2D eigenvalue weighted by Gasteiger charge is -2.41. The summed E-state index contributed by atoms with van der Waals surface area (Å²) < 4.78 is 0. The van der Waals surface area contributed by atoms with Gasteiger partial charge >= 0.3 is 0 Å². The molecule has 1 aliphatic heterocycles. The van der Waals surface area contributed by atoms with E-state index in [2.05, 4.69) is 37.8 Å². The fourth-order valence-electron chi connectivity index (χ4n) is 3.37. The Labute approximate surface area is 105 Å². The first kappa shape index (κ1) is 12.8. The number of rotatable bonds is 2. The fraction of sp³-hybridized carbons (Fsp3) is 1.00. The third-order valence-electron chi connectivity index (χ3n) is 4.30. The van der Waals surface area contributed by atoms with Gasteiger partial charge in [-0.1, -0.05) is 20.8 Å². The molecule has 1 aliphatic carbocycles. The molecular formula is C14H27NS. The van der Waals surface area contributed by atoms with Gasteiger partial charge in [-0.15, -0.1) is 0 Å². The van der Waals surface area contributed by atoms with Gasteiger partial charge in [0.2, 0.25) is 0 Å². The molecule has 1 N–H and O–H groups in total. The minimum atomic E-state index is 0.582. The van der Waals surface area contributed by atoms with Gasteiger partial charge in [0.25, 0.3) is 0 Å². The summed E-state index contributed by atoms with van der Waals surface area (Å²) in [5.74, 6) is 3.58. The summed E-state index contributed by atoms with van der Waals surface area (Å²) in [6.45, 7) is 7.29. The zero-order valence-corrected chi connectivity index (χ0v) is 11.9. The van der Waals surface area contributed by atoms with Crippen LogP contribution in [-0.2, 0) is 0 Å². The summed E-state index contributed by atoms with van der Waals surface area (Å²) in [7, 11) is 0. The smallest absolute Gasteiger partial charge is 0.0161 e. The molecule has 1 nitrogen and oxygen atoms in total. The SMILES string of the molecule is CC1CC(C)(C)CCC1NC1CCCSC1. The van der Waals surface area contributed by atoms with Gasteiger partial charge in [0, 0.05) is 17.8 Å². The largest absolute Gasteiger partial charge is 0.310 e. The molecule has 0 bridgehead atoms.